The van der Waals surface area contributed by atoms with E-state index in [1.54, 1.807) is 7.11 Å². The molecule has 9 nitrogen and oxygen atoms in total. The maximum atomic E-state index is 13.1. The Balaban J connectivity index is 1.28. The third-order valence-electron chi connectivity index (χ3n) is 6.09. The van der Waals surface area contributed by atoms with Gasteiger partial charge in [-0.2, -0.15) is 0 Å². The zero-order valence-electron chi connectivity index (χ0n) is 17.9. The smallest absolute Gasteiger partial charge is 0.231 e. The first-order chi connectivity index (χ1) is 16.0. The van der Waals surface area contributed by atoms with E-state index in [9.17, 15) is 15.0 Å². The lowest BCUT2D eigenvalue weighted by molar-refractivity contribution is -0.129. The van der Waals surface area contributed by atoms with Gasteiger partial charge < -0.3 is 35.1 Å². The molecule has 2 aliphatic heterocycles. The molecule has 174 valence electrons. The van der Waals surface area contributed by atoms with Crippen LogP contribution in [0.3, 0.4) is 0 Å². The number of thioether (sulfide) groups is 1. The number of aliphatic hydroxyl groups is 2. The minimum absolute atomic E-state index is 0.167. The van der Waals surface area contributed by atoms with Crippen LogP contribution >= 0.6 is 11.8 Å². The number of carbonyl (C=O) groups is 1. The van der Waals surface area contributed by atoms with Crippen LogP contribution in [0.1, 0.15) is 12.0 Å². The summed E-state index contributed by atoms with van der Waals surface area (Å²) in [5.41, 5.74) is 1.62. The molecule has 0 radical (unpaired) electrons. The van der Waals surface area contributed by atoms with Crippen molar-refractivity contribution in [2.45, 2.75) is 36.5 Å². The van der Waals surface area contributed by atoms with Crippen molar-refractivity contribution >= 4 is 28.5 Å². The van der Waals surface area contributed by atoms with E-state index in [0.717, 1.165) is 11.3 Å². The maximum Gasteiger partial charge on any atom is 0.231 e. The van der Waals surface area contributed by atoms with Crippen LogP contribution < -0.4 is 24.8 Å². The van der Waals surface area contributed by atoms with Crippen LogP contribution in [0.4, 0.5) is 5.69 Å². The fourth-order valence-electron chi connectivity index (χ4n) is 4.37. The summed E-state index contributed by atoms with van der Waals surface area (Å²) in [7, 11) is 1.59. The van der Waals surface area contributed by atoms with E-state index >= 15 is 0 Å². The van der Waals surface area contributed by atoms with Crippen molar-refractivity contribution in [2.75, 3.05) is 19.2 Å². The second kappa shape index (κ2) is 9.12. The zero-order chi connectivity index (χ0) is 22.9. The van der Waals surface area contributed by atoms with Crippen LogP contribution in [-0.4, -0.2) is 58.7 Å². The normalized spacial score (nSPS) is 27.5. The molecule has 5 unspecified atom stereocenters. The number of aliphatic imine (C=N–C) groups is 1. The van der Waals surface area contributed by atoms with E-state index in [4.69, 9.17) is 14.2 Å². The van der Waals surface area contributed by atoms with Gasteiger partial charge in [-0.05, 0) is 24.6 Å². The Morgan fingerprint density at radius 2 is 2.03 bits per heavy atom. The number of fused-ring (bicyclic) bond motifs is 2. The van der Waals surface area contributed by atoms with Crippen molar-refractivity contribution in [2.24, 2.45) is 10.9 Å². The van der Waals surface area contributed by atoms with Crippen molar-refractivity contribution in [3.05, 3.63) is 48.0 Å². The average molecular weight is 472 g/mol. The van der Waals surface area contributed by atoms with Gasteiger partial charge in [-0.1, -0.05) is 30.0 Å². The van der Waals surface area contributed by atoms with E-state index < -0.39 is 24.2 Å². The van der Waals surface area contributed by atoms with Gasteiger partial charge in [-0.3, -0.25) is 9.79 Å². The monoisotopic (exact) mass is 471 g/mol. The van der Waals surface area contributed by atoms with Gasteiger partial charge in [0.15, 0.2) is 16.7 Å². The second-order valence-corrected chi connectivity index (χ2v) is 9.30. The largest absolute Gasteiger partial charge is 0.496 e. The standard InChI is InChI=1S/C23H25N3O6S/c1-30-16-5-3-2-4-12(16)10-24-22(29)14-9-15(27)20(28)19-21(14)33-23(26-19)25-13-6-7-17-18(8-13)32-11-31-17/h2-8,14-15,19-21,27-28H,9-11H2,1H3,(H,24,29)(H,25,26). The summed E-state index contributed by atoms with van der Waals surface area (Å²) in [6, 6.07) is 12.4. The van der Waals surface area contributed by atoms with Crippen LogP contribution in [0.5, 0.6) is 17.2 Å². The quantitative estimate of drug-likeness (QED) is 0.520. The summed E-state index contributed by atoms with van der Waals surface area (Å²) in [6.45, 7) is 0.498. The number of anilines is 1. The number of amidine groups is 1. The predicted molar refractivity (Wildman–Crippen MR) is 124 cm³/mol. The van der Waals surface area contributed by atoms with Crippen molar-refractivity contribution < 1.29 is 29.2 Å². The van der Waals surface area contributed by atoms with Crippen molar-refractivity contribution in [1.82, 2.24) is 5.32 Å². The molecule has 1 saturated carbocycles. The summed E-state index contributed by atoms with van der Waals surface area (Å²) in [5.74, 6) is 1.33. The van der Waals surface area contributed by atoms with Gasteiger partial charge in [0, 0.05) is 29.1 Å². The highest BCUT2D eigenvalue weighted by atomic mass is 32.2. The molecule has 2 heterocycles. The number of aliphatic hydroxyl groups excluding tert-OH is 2. The molecule has 2 aromatic carbocycles. The molecule has 1 fully saturated rings. The molecule has 3 aliphatic rings. The van der Waals surface area contributed by atoms with Gasteiger partial charge in [0.05, 0.1) is 25.2 Å². The highest BCUT2D eigenvalue weighted by molar-refractivity contribution is 8.15. The summed E-state index contributed by atoms with van der Waals surface area (Å²) < 4.78 is 16.1. The summed E-state index contributed by atoms with van der Waals surface area (Å²) in [6.07, 6.45) is -1.89. The first-order valence-corrected chi connectivity index (χ1v) is 11.6. The first kappa shape index (κ1) is 21.9. The van der Waals surface area contributed by atoms with Crippen molar-refractivity contribution in [1.29, 1.82) is 0 Å². The number of methoxy groups -OCH3 is 1. The number of amides is 1. The Labute approximate surface area is 195 Å². The Morgan fingerprint density at radius 1 is 1.21 bits per heavy atom. The van der Waals surface area contributed by atoms with Crippen molar-refractivity contribution in [3.63, 3.8) is 0 Å². The number of rotatable bonds is 5. The lowest BCUT2D eigenvalue weighted by Gasteiger charge is -2.37. The molecule has 1 amide bonds. The Bertz CT molecular complexity index is 1080. The number of nitrogens with zero attached hydrogens (tertiary/aromatic N) is 1. The van der Waals surface area contributed by atoms with Gasteiger partial charge in [0.25, 0.3) is 0 Å². The molecule has 0 bridgehead atoms. The summed E-state index contributed by atoms with van der Waals surface area (Å²) in [4.78, 5) is 17.7. The third kappa shape index (κ3) is 4.33. The first-order valence-electron chi connectivity index (χ1n) is 10.7. The van der Waals surface area contributed by atoms with Gasteiger partial charge in [0.1, 0.15) is 11.9 Å². The Morgan fingerprint density at radius 3 is 2.88 bits per heavy atom. The van der Waals surface area contributed by atoms with Gasteiger partial charge in [0.2, 0.25) is 12.7 Å². The molecular weight excluding hydrogens is 446 g/mol. The summed E-state index contributed by atoms with van der Waals surface area (Å²) in [5, 5.41) is 27.4. The van der Waals surface area contributed by atoms with Crippen LogP contribution in [-0.2, 0) is 11.3 Å². The lowest BCUT2D eigenvalue weighted by Crippen LogP contribution is -2.53. The van der Waals surface area contributed by atoms with Crippen LogP contribution in [0.15, 0.2) is 47.5 Å². The SMILES string of the molecule is COc1ccccc1CNC(=O)C1CC(O)C(O)C2N=C(Nc3ccc4c(c3)OCO4)SC12. The maximum absolute atomic E-state index is 13.1. The van der Waals surface area contributed by atoms with Crippen LogP contribution in [0.25, 0.3) is 0 Å². The zero-order valence-corrected chi connectivity index (χ0v) is 18.7. The highest BCUT2D eigenvalue weighted by Crippen LogP contribution is 2.42. The van der Waals surface area contributed by atoms with E-state index in [-0.39, 0.29) is 24.4 Å². The minimum Gasteiger partial charge on any atom is -0.496 e. The van der Waals surface area contributed by atoms with Gasteiger partial charge >= 0.3 is 0 Å². The van der Waals surface area contributed by atoms with Crippen molar-refractivity contribution in [3.8, 4) is 17.2 Å². The molecule has 5 rings (SSSR count). The molecule has 2 aromatic rings. The third-order valence-corrected chi connectivity index (χ3v) is 7.40. The molecule has 10 heteroatoms. The predicted octanol–water partition coefficient (Wildman–Crippen LogP) is 1.73. The number of hydrogen-bond acceptors (Lipinski definition) is 9. The fourth-order valence-corrected chi connectivity index (χ4v) is 5.75. The second-order valence-electron chi connectivity index (χ2n) is 8.13. The molecule has 4 N–H and O–H groups in total. The van der Waals surface area contributed by atoms with E-state index in [2.05, 4.69) is 15.6 Å². The molecule has 0 aromatic heterocycles. The molecule has 33 heavy (non-hydrogen) atoms. The molecule has 1 aliphatic carbocycles. The number of para-hydroxylation sites is 1. The number of benzene rings is 2. The van der Waals surface area contributed by atoms with Crippen LogP contribution in [0.2, 0.25) is 0 Å². The average Bonchev–Trinajstić information content (AvgIpc) is 3.47. The Hall–Kier alpha value is -2.95. The van der Waals surface area contributed by atoms with Crippen LogP contribution in [0, 0.1) is 5.92 Å². The van der Waals surface area contributed by atoms with Gasteiger partial charge in [-0.15, -0.1) is 0 Å². The number of carbonyl (C=O) groups excluding carboxylic acids is 1. The lowest BCUT2D eigenvalue weighted by atomic mass is 9.81. The summed E-state index contributed by atoms with van der Waals surface area (Å²) >= 11 is 1.40. The highest BCUT2D eigenvalue weighted by Gasteiger charge is 2.50. The number of nitrogens with one attached hydrogen (secondary N) is 2. The minimum atomic E-state index is -1.03. The Kier molecular flexibility index (Phi) is 6.05. The molecular formula is C23H25N3O6S. The number of hydrogen-bond donors (Lipinski definition) is 4. The van der Waals surface area contributed by atoms with E-state index in [1.165, 1.54) is 11.8 Å². The molecule has 0 saturated heterocycles. The van der Waals surface area contributed by atoms with E-state index in [0.29, 0.717) is 29.0 Å². The number of ether oxygens (including phenoxy) is 3. The molecule has 5 atom stereocenters. The topological polar surface area (TPSA) is 122 Å². The van der Waals surface area contributed by atoms with E-state index in [1.807, 2.05) is 42.5 Å². The molecule has 0 spiro atoms. The van der Waals surface area contributed by atoms with Gasteiger partial charge in [-0.25, -0.2) is 0 Å². The fraction of sp³-hybridized carbons (Fsp3) is 0.391.